The molecule has 0 aromatic heterocycles. The molecular weight excluding hydrogens is 537 g/mol. The average molecular weight is 577 g/mol. The first-order valence-electron chi connectivity index (χ1n) is 13.9. The van der Waals surface area contributed by atoms with E-state index in [0.29, 0.717) is 38.5 Å². The third-order valence-electron chi connectivity index (χ3n) is 7.25. The van der Waals surface area contributed by atoms with Crippen molar-refractivity contribution in [2.45, 2.75) is 71.3 Å². The lowest BCUT2D eigenvalue weighted by molar-refractivity contribution is -0.137. The summed E-state index contributed by atoms with van der Waals surface area (Å²) in [6, 6.07) is 7.35. The Kier molecular flexibility index (Phi) is 11.3. The second-order valence-electron chi connectivity index (χ2n) is 10.5. The predicted molar refractivity (Wildman–Crippen MR) is 151 cm³/mol. The number of rotatable bonds is 12. The summed E-state index contributed by atoms with van der Waals surface area (Å²) in [7, 11) is 0. The molecule has 1 fully saturated rings. The van der Waals surface area contributed by atoms with Crippen LogP contribution in [0, 0.1) is 13.8 Å². The number of nitrogens with one attached hydrogen (secondary N) is 2. The molecule has 3 N–H and O–H groups in total. The summed E-state index contributed by atoms with van der Waals surface area (Å²) in [6.07, 6.45) is -2.66. The summed E-state index contributed by atoms with van der Waals surface area (Å²) in [5.41, 5.74) is 1.88. The molecule has 0 unspecified atom stereocenters. The normalized spacial score (nSPS) is 15.0. The Morgan fingerprint density at radius 2 is 1.83 bits per heavy atom. The number of halogens is 3. The Balaban J connectivity index is 1.80. The van der Waals surface area contributed by atoms with E-state index in [1.54, 1.807) is 0 Å². The number of amides is 3. The number of nitrogens with zero attached hydrogens (tertiary/aromatic N) is 2. The van der Waals surface area contributed by atoms with Crippen LogP contribution in [-0.4, -0.2) is 66.6 Å². The molecule has 8 nitrogen and oxygen atoms in total. The summed E-state index contributed by atoms with van der Waals surface area (Å²) < 4.78 is 39.9. The van der Waals surface area contributed by atoms with Gasteiger partial charge in [-0.3, -0.25) is 14.5 Å². The van der Waals surface area contributed by atoms with Gasteiger partial charge in [-0.25, -0.2) is 4.79 Å². The minimum absolute atomic E-state index is 0.0846. The van der Waals surface area contributed by atoms with Crippen molar-refractivity contribution in [2.24, 2.45) is 0 Å². The van der Waals surface area contributed by atoms with E-state index in [0.717, 1.165) is 46.6 Å². The van der Waals surface area contributed by atoms with E-state index in [9.17, 15) is 32.7 Å². The van der Waals surface area contributed by atoms with Crippen molar-refractivity contribution in [1.82, 2.24) is 15.5 Å². The topological polar surface area (TPSA) is 102 Å². The molecule has 1 saturated heterocycles. The zero-order valence-corrected chi connectivity index (χ0v) is 23.8. The van der Waals surface area contributed by atoms with Gasteiger partial charge in [0.25, 0.3) is 0 Å². The van der Waals surface area contributed by atoms with Gasteiger partial charge in [0.05, 0.1) is 23.4 Å². The first kappa shape index (κ1) is 32.1. The van der Waals surface area contributed by atoms with Crippen LogP contribution in [0.3, 0.4) is 0 Å². The van der Waals surface area contributed by atoms with Gasteiger partial charge in [-0.2, -0.15) is 13.2 Å². The number of carbonyl (C=O) groups is 3. The number of carbonyl (C=O) groups excluding carboxylic acids is 3. The Hall–Kier alpha value is -3.44. The summed E-state index contributed by atoms with van der Waals surface area (Å²) in [5.74, 6) is -0.609. The number of aldehydes is 1. The number of hydrogen-bond acceptors (Lipinski definition) is 5. The van der Waals surface area contributed by atoms with Crippen molar-refractivity contribution < 1.29 is 32.7 Å². The quantitative estimate of drug-likeness (QED) is 0.321. The maximum atomic E-state index is 13.4. The number of aryl methyl sites for hydroxylation is 2. The Labute approximate surface area is 238 Å². The predicted octanol–water partition coefficient (Wildman–Crippen LogP) is 4.59. The molecule has 1 aliphatic rings. The number of benzene rings is 2. The van der Waals surface area contributed by atoms with Crippen molar-refractivity contribution in [1.29, 1.82) is 0 Å². The molecule has 2 atom stereocenters. The van der Waals surface area contributed by atoms with E-state index in [4.69, 9.17) is 0 Å². The van der Waals surface area contributed by atoms with Crippen LogP contribution >= 0.6 is 0 Å². The fourth-order valence-electron chi connectivity index (χ4n) is 4.99. The van der Waals surface area contributed by atoms with Gasteiger partial charge >= 0.3 is 12.2 Å². The van der Waals surface area contributed by atoms with Crippen molar-refractivity contribution >= 4 is 23.9 Å². The number of aliphatic hydroxyl groups is 1. The Morgan fingerprint density at radius 3 is 2.44 bits per heavy atom. The van der Waals surface area contributed by atoms with E-state index in [-0.39, 0.29) is 24.1 Å². The first-order chi connectivity index (χ1) is 19.4. The van der Waals surface area contributed by atoms with Gasteiger partial charge in [0.15, 0.2) is 6.29 Å². The van der Waals surface area contributed by atoms with Crippen LogP contribution in [0.15, 0.2) is 36.4 Å². The molecule has 2 aromatic carbocycles. The van der Waals surface area contributed by atoms with Crippen LogP contribution in [0.2, 0.25) is 0 Å². The minimum atomic E-state index is -4.68. The number of urea groups is 1. The summed E-state index contributed by atoms with van der Waals surface area (Å²) in [6.45, 7) is 7.04. The van der Waals surface area contributed by atoms with Crippen molar-refractivity contribution in [3.05, 3.63) is 64.2 Å². The van der Waals surface area contributed by atoms with Crippen molar-refractivity contribution in [3.8, 4) is 0 Å². The van der Waals surface area contributed by atoms with Crippen LogP contribution in [0.25, 0.3) is 0 Å². The molecule has 0 spiro atoms. The molecule has 3 rings (SSSR count). The first-order valence-corrected chi connectivity index (χ1v) is 13.9. The van der Waals surface area contributed by atoms with Gasteiger partial charge in [0, 0.05) is 31.7 Å². The van der Waals surface area contributed by atoms with Gasteiger partial charge in [-0.05, 0) is 62.4 Å². The van der Waals surface area contributed by atoms with Gasteiger partial charge in [-0.1, -0.05) is 37.1 Å². The van der Waals surface area contributed by atoms with E-state index < -0.39 is 42.4 Å². The average Bonchev–Trinajstić information content (AvgIpc) is 3.46. The van der Waals surface area contributed by atoms with Crippen LogP contribution < -0.4 is 15.5 Å². The molecule has 1 aliphatic heterocycles. The van der Waals surface area contributed by atoms with Crippen molar-refractivity contribution in [3.63, 3.8) is 0 Å². The molecule has 41 heavy (non-hydrogen) atoms. The minimum Gasteiger partial charge on any atom is -0.391 e. The van der Waals surface area contributed by atoms with E-state index in [1.165, 1.54) is 4.90 Å². The number of aliphatic hydroxyl groups excluding tert-OH is 1. The highest BCUT2D eigenvalue weighted by Crippen LogP contribution is 2.33. The van der Waals surface area contributed by atoms with E-state index in [1.807, 2.05) is 32.9 Å². The largest absolute Gasteiger partial charge is 0.416 e. The lowest BCUT2D eigenvalue weighted by Gasteiger charge is -2.30. The molecule has 0 bridgehead atoms. The molecular formula is C30H39F3N4O4. The zero-order chi connectivity index (χ0) is 30.2. The highest BCUT2D eigenvalue weighted by atomic mass is 19.4. The lowest BCUT2D eigenvalue weighted by atomic mass is 10.0. The third-order valence-corrected chi connectivity index (χ3v) is 7.25. The molecule has 0 saturated carbocycles. The van der Waals surface area contributed by atoms with Gasteiger partial charge < -0.3 is 20.6 Å². The molecule has 0 aliphatic carbocycles. The van der Waals surface area contributed by atoms with Crippen LogP contribution in [-0.2, 0) is 17.5 Å². The fraction of sp³-hybridized carbons (Fsp3) is 0.500. The molecule has 0 radical (unpaired) electrons. The van der Waals surface area contributed by atoms with E-state index >= 15 is 0 Å². The molecule has 3 amide bonds. The second kappa shape index (κ2) is 14.5. The Bertz CT molecular complexity index is 1210. The summed E-state index contributed by atoms with van der Waals surface area (Å²) >= 11 is 0. The zero-order valence-electron chi connectivity index (χ0n) is 23.8. The van der Waals surface area contributed by atoms with E-state index in [2.05, 4.69) is 16.7 Å². The number of alkyl halides is 3. The highest BCUT2D eigenvalue weighted by molar-refractivity contribution is 6.01. The van der Waals surface area contributed by atoms with Crippen LogP contribution in [0.1, 0.15) is 65.2 Å². The number of hydrogen-bond donors (Lipinski definition) is 3. The number of likely N-dealkylation sites (tertiary alicyclic amines) is 1. The Morgan fingerprint density at radius 1 is 1.12 bits per heavy atom. The monoisotopic (exact) mass is 576 g/mol. The standard InChI is InChI=1S/C30H39F3N4O4/c1-4-7-27(39)25(17-34-16-22-9-8-20(2)14-21(22)3)35-28(40)18-37(29(41)36-12-5-6-13-36)26-11-10-24(30(31,32)33)15-23(26)19-38/h8-11,14-15,19,25,27,34,39H,4-7,12-13,16-18H2,1-3H3,(H,35,40)/t25-,27-/m0/s1. The van der Waals surface area contributed by atoms with Gasteiger partial charge in [-0.15, -0.1) is 0 Å². The highest BCUT2D eigenvalue weighted by Gasteiger charge is 2.34. The number of anilines is 1. The van der Waals surface area contributed by atoms with Crippen LogP contribution in [0.5, 0.6) is 0 Å². The summed E-state index contributed by atoms with van der Waals surface area (Å²) in [5, 5.41) is 16.9. The summed E-state index contributed by atoms with van der Waals surface area (Å²) in [4.78, 5) is 41.0. The molecule has 2 aromatic rings. The molecule has 1 heterocycles. The van der Waals surface area contributed by atoms with Gasteiger partial charge in [0.1, 0.15) is 6.54 Å². The maximum Gasteiger partial charge on any atom is 0.416 e. The molecule has 224 valence electrons. The van der Waals surface area contributed by atoms with Crippen molar-refractivity contribution in [2.75, 3.05) is 31.1 Å². The molecule has 11 heteroatoms. The van der Waals surface area contributed by atoms with Crippen LogP contribution in [0.4, 0.5) is 23.7 Å². The third kappa shape index (κ3) is 8.77. The maximum absolute atomic E-state index is 13.4. The second-order valence-corrected chi connectivity index (χ2v) is 10.5. The SMILES string of the molecule is CCC[C@H](O)[C@H](CNCc1ccc(C)cc1C)NC(=O)CN(C(=O)N1CCCC1)c1ccc(C(F)(F)F)cc1C=O. The smallest absolute Gasteiger partial charge is 0.391 e. The fourth-order valence-corrected chi connectivity index (χ4v) is 4.99. The lowest BCUT2D eigenvalue weighted by Crippen LogP contribution is -2.53. The van der Waals surface area contributed by atoms with Gasteiger partial charge in [0.2, 0.25) is 5.91 Å².